The minimum Gasteiger partial charge on any atom is -0.497 e. The van der Waals surface area contributed by atoms with Gasteiger partial charge in [0.1, 0.15) is 11.5 Å². The zero-order valence-electron chi connectivity index (χ0n) is 17.3. The number of guanidine groups is 1. The molecule has 0 radical (unpaired) electrons. The van der Waals surface area contributed by atoms with Gasteiger partial charge in [-0.15, -0.1) is 24.0 Å². The summed E-state index contributed by atoms with van der Waals surface area (Å²) in [5.74, 6) is 3.69. The molecular formula is C20H33IN4O2S. The van der Waals surface area contributed by atoms with Crippen LogP contribution in [0.25, 0.3) is 10.9 Å². The summed E-state index contributed by atoms with van der Waals surface area (Å²) in [5, 5.41) is 7.78. The number of aromatic amines is 1. The molecule has 2 aromatic rings. The molecule has 0 aliphatic heterocycles. The van der Waals surface area contributed by atoms with Gasteiger partial charge in [0, 0.05) is 42.8 Å². The zero-order valence-corrected chi connectivity index (χ0v) is 20.4. The Labute approximate surface area is 189 Å². The molecule has 8 heteroatoms. The number of methoxy groups -OCH3 is 2. The van der Waals surface area contributed by atoms with Gasteiger partial charge in [-0.1, -0.05) is 0 Å². The van der Waals surface area contributed by atoms with E-state index >= 15 is 0 Å². The van der Waals surface area contributed by atoms with Crippen molar-refractivity contribution in [3.8, 4) is 11.5 Å². The van der Waals surface area contributed by atoms with Gasteiger partial charge in [-0.2, -0.15) is 11.8 Å². The first kappa shape index (κ1) is 24.7. The van der Waals surface area contributed by atoms with E-state index in [4.69, 9.17) is 9.47 Å². The number of nitrogens with one attached hydrogen (secondary N) is 3. The number of ether oxygens (including phenoxy) is 2. The highest BCUT2D eigenvalue weighted by Crippen LogP contribution is 2.31. The third kappa shape index (κ3) is 7.62. The predicted octanol–water partition coefficient (Wildman–Crippen LogP) is 4.04. The van der Waals surface area contributed by atoms with Crippen molar-refractivity contribution in [1.29, 1.82) is 0 Å². The molecule has 0 atom stereocenters. The van der Waals surface area contributed by atoms with Crippen LogP contribution in [0.4, 0.5) is 0 Å². The van der Waals surface area contributed by atoms with Crippen LogP contribution >= 0.6 is 35.7 Å². The minimum absolute atomic E-state index is 0. The van der Waals surface area contributed by atoms with E-state index in [2.05, 4.69) is 39.9 Å². The second-order valence-electron chi connectivity index (χ2n) is 6.22. The monoisotopic (exact) mass is 520 g/mol. The van der Waals surface area contributed by atoms with E-state index in [1.807, 2.05) is 23.9 Å². The Morgan fingerprint density at radius 3 is 2.64 bits per heavy atom. The second-order valence-corrected chi connectivity index (χ2v) is 7.21. The smallest absolute Gasteiger partial charge is 0.191 e. The number of hydrogen-bond donors (Lipinski definition) is 3. The number of benzene rings is 1. The van der Waals surface area contributed by atoms with Crippen LogP contribution in [0.15, 0.2) is 23.2 Å². The van der Waals surface area contributed by atoms with Gasteiger partial charge >= 0.3 is 0 Å². The highest BCUT2D eigenvalue weighted by molar-refractivity contribution is 14.0. The fraction of sp³-hybridized carbons (Fsp3) is 0.550. The molecule has 1 aromatic heterocycles. The van der Waals surface area contributed by atoms with Crippen LogP contribution in [-0.4, -0.2) is 56.8 Å². The number of aromatic nitrogens is 1. The lowest BCUT2D eigenvalue weighted by molar-refractivity contribution is 0.398. The number of nitrogens with zero attached hydrogens (tertiary/aromatic N) is 1. The average Bonchev–Trinajstić information content (AvgIpc) is 3.10. The molecule has 0 bridgehead atoms. The minimum atomic E-state index is 0. The summed E-state index contributed by atoms with van der Waals surface area (Å²) >= 11 is 1.87. The molecule has 1 aromatic carbocycles. The molecule has 6 nitrogen and oxygen atoms in total. The van der Waals surface area contributed by atoms with Crippen molar-refractivity contribution in [2.24, 2.45) is 4.99 Å². The van der Waals surface area contributed by atoms with Crippen molar-refractivity contribution in [3.05, 3.63) is 23.9 Å². The Balaban J connectivity index is 0.00000392. The molecule has 28 heavy (non-hydrogen) atoms. The summed E-state index contributed by atoms with van der Waals surface area (Å²) in [5.41, 5.74) is 2.22. The number of thioether (sulfide) groups is 1. The van der Waals surface area contributed by atoms with Gasteiger partial charge in [0.2, 0.25) is 0 Å². The van der Waals surface area contributed by atoms with Crippen LogP contribution in [0.3, 0.4) is 0 Å². The van der Waals surface area contributed by atoms with Gasteiger partial charge in [0.25, 0.3) is 0 Å². The molecule has 158 valence electrons. The maximum atomic E-state index is 5.48. The second kappa shape index (κ2) is 13.8. The van der Waals surface area contributed by atoms with Crippen LogP contribution in [0.5, 0.6) is 11.5 Å². The topological polar surface area (TPSA) is 70.7 Å². The summed E-state index contributed by atoms with van der Waals surface area (Å²) in [6.07, 6.45) is 5.20. The van der Waals surface area contributed by atoms with Crippen LogP contribution in [0.2, 0.25) is 0 Å². The molecule has 0 aliphatic rings. The number of rotatable bonds is 11. The molecule has 0 unspecified atom stereocenters. The number of hydrogen-bond acceptors (Lipinski definition) is 4. The van der Waals surface area contributed by atoms with Gasteiger partial charge in [-0.3, -0.25) is 4.99 Å². The molecule has 0 saturated carbocycles. The summed E-state index contributed by atoms with van der Waals surface area (Å²) in [7, 11) is 3.35. The van der Waals surface area contributed by atoms with E-state index in [0.29, 0.717) is 0 Å². The first-order valence-corrected chi connectivity index (χ1v) is 10.9. The third-order valence-corrected chi connectivity index (χ3v) is 4.92. The summed E-state index contributed by atoms with van der Waals surface area (Å²) in [6.45, 7) is 4.70. The summed E-state index contributed by atoms with van der Waals surface area (Å²) in [4.78, 5) is 8.13. The van der Waals surface area contributed by atoms with Gasteiger partial charge in [0.05, 0.1) is 19.7 Å². The van der Waals surface area contributed by atoms with Crippen LogP contribution in [0.1, 0.15) is 25.5 Å². The number of aryl methyl sites for hydroxylation is 1. The lowest BCUT2D eigenvalue weighted by atomic mass is 10.2. The molecule has 0 fully saturated rings. The Morgan fingerprint density at radius 1 is 1.14 bits per heavy atom. The van der Waals surface area contributed by atoms with E-state index in [0.717, 1.165) is 67.3 Å². The normalized spacial score (nSPS) is 11.2. The fourth-order valence-electron chi connectivity index (χ4n) is 2.88. The van der Waals surface area contributed by atoms with E-state index in [1.54, 1.807) is 14.2 Å². The first-order valence-electron chi connectivity index (χ1n) is 9.46. The van der Waals surface area contributed by atoms with Gasteiger partial charge < -0.3 is 25.1 Å². The number of aliphatic imine (C=N–C) groups is 1. The molecule has 0 amide bonds. The number of fused-ring (bicyclic) bond motifs is 1. The van der Waals surface area contributed by atoms with Crippen molar-refractivity contribution in [1.82, 2.24) is 15.6 Å². The number of H-pyrrole nitrogens is 1. The van der Waals surface area contributed by atoms with E-state index in [-0.39, 0.29) is 24.0 Å². The highest BCUT2D eigenvalue weighted by atomic mass is 127. The average molecular weight is 520 g/mol. The Bertz CT molecular complexity index is 736. The van der Waals surface area contributed by atoms with Crippen molar-refractivity contribution in [3.63, 3.8) is 0 Å². The molecule has 0 aliphatic carbocycles. The van der Waals surface area contributed by atoms with Crippen molar-refractivity contribution >= 4 is 52.6 Å². The molecule has 0 saturated heterocycles. The molecule has 1 heterocycles. The Hall–Kier alpha value is -1.29. The summed E-state index contributed by atoms with van der Waals surface area (Å²) in [6, 6.07) is 6.07. The standard InChI is InChI=1S/C20H32N4O2S.HI/c1-5-21-20(23-10-7-11-27-4)22-9-6-8-15-12-17-18(24-15)13-16(25-2)14-19(17)26-3;/h12-14,24H,5-11H2,1-4H3,(H2,21,22,23);1H. The highest BCUT2D eigenvalue weighted by Gasteiger charge is 2.09. The maximum absolute atomic E-state index is 5.48. The maximum Gasteiger partial charge on any atom is 0.191 e. The molecule has 3 N–H and O–H groups in total. The van der Waals surface area contributed by atoms with Crippen molar-refractivity contribution in [2.75, 3.05) is 45.9 Å². The quantitative estimate of drug-likeness (QED) is 0.181. The Morgan fingerprint density at radius 2 is 1.96 bits per heavy atom. The van der Waals surface area contributed by atoms with Crippen molar-refractivity contribution in [2.45, 2.75) is 26.2 Å². The van der Waals surface area contributed by atoms with Gasteiger partial charge in [0.15, 0.2) is 5.96 Å². The van der Waals surface area contributed by atoms with E-state index < -0.39 is 0 Å². The molecule has 2 rings (SSSR count). The van der Waals surface area contributed by atoms with Crippen molar-refractivity contribution < 1.29 is 9.47 Å². The van der Waals surface area contributed by atoms with Crippen LogP contribution in [-0.2, 0) is 6.42 Å². The number of halogens is 1. The molecular weight excluding hydrogens is 487 g/mol. The SMILES string of the molecule is CCNC(=NCCCc1cc2c(OC)cc(OC)cc2[nH]1)NCCCSC.I. The lowest BCUT2D eigenvalue weighted by Gasteiger charge is -2.10. The van der Waals surface area contributed by atoms with Crippen LogP contribution in [0, 0.1) is 0 Å². The Kier molecular flexibility index (Phi) is 12.2. The molecule has 0 spiro atoms. The third-order valence-electron chi connectivity index (χ3n) is 4.22. The van der Waals surface area contributed by atoms with Gasteiger partial charge in [-0.25, -0.2) is 0 Å². The lowest BCUT2D eigenvalue weighted by Crippen LogP contribution is -2.38. The predicted molar refractivity (Wildman–Crippen MR) is 132 cm³/mol. The fourth-order valence-corrected chi connectivity index (χ4v) is 3.32. The summed E-state index contributed by atoms with van der Waals surface area (Å²) < 4.78 is 10.8. The first-order chi connectivity index (χ1) is 13.2. The largest absolute Gasteiger partial charge is 0.497 e. The van der Waals surface area contributed by atoms with E-state index in [9.17, 15) is 0 Å². The van der Waals surface area contributed by atoms with E-state index in [1.165, 1.54) is 11.4 Å². The van der Waals surface area contributed by atoms with Gasteiger partial charge in [-0.05, 0) is 44.3 Å². The van der Waals surface area contributed by atoms with Crippen LogP contribution < -0.4 is 20.1 Å². The zero-order chi connectivity index (χ0) is 19.5.